The summed E-state index contributed by atoms with van der Waals surface area (Å²) in [5, 5.41) is -0.366. The third kappa shape index (κ3) is 2.24. The van der Waals surface area contributed by atoms with Crippen LogP contribution in [-0.4, -0.2) is 52.8 Å². The monoisotopic (exact) mass is 405 g/mol. The number of hydrogen-bond donors (Lipinski definition) is 1. The zero-order valence-electron chi connectivity index (χ0n) is 30.2. The van der Waals surface area contributed by atoms with Gasteiger partial charge in [0.15, 0.2) is 11.5 Å². The normalized spacial score (nSPS) is 39.7. The standard InChI is InChI=1S/C22H19N3O4/c1-24-10-19(26)25-16(22(24)27)9-14-13-4-2-3-5-15(13)23-20(14)21(25)12-6-7-17-18(8-12)29-11-28-17/h2-8,16,21,23H,9-11H2,1H3/t16-,21-/m1/s1/i1D3,2D,3D,4D,5D,6D,7D,8D,10D2,11D2,16D,21D. The minimum atomic E-state index is -3.74. The molecule has 6 rings (SSSR count). The first-order chi connectivity index (χ1) is 20.4. The molecule has 2 aromatic carbocycles. The number of benzene rings is 2. The Kier molecular flexibility index (Phi) is 1.41. The van der Waals surface area contributed by atoms with Crippen LogP contribution in [0.5, 0.6) is 11.5 Å². The number of hydrogen-bond acceptors (Lipinski definition) is 4. The van der Waals surface area contributed by atoms with Crippen molar-refractivity contribution in [1.82, 2.24) is 14.8 Å². The van der Waals surface area contributed by atoms with E-state index in [0.29, 0.717) is 0 Å². The van der Waals surface area contributed by atoms with Crippen LogP contribution in [0.25, 0.3) is 10.9 Å². The summed E-state index contributed by atoms with van der Waals surface area (Å²) in [6.45, 7) is -10.3. The van der Waals surface area contributed by atoms with Gasteiger partial charge >= 0.3 is 0 Å². The second-order valence-electron chi connectivity index (χ2n) is 6.29. The van der Waals surface area contributed by atoms with Gasteiger partial charge in [0.2, 0.25) is 18.6 Å². The molecule has 0 bridgehead atoms. The van der Waals surface area contributed by atoms with Crippen LogP contribution in [0, 0.1) is 0 Å². The molecule has 0 unspecified atom stereocenters. The summed E-state index contributed by atoms with van der Waals surface area (Å²) < 4.78 is 144. The summed E-state index contributed by atoms with van der Waals surface area (Å²) >= 11 is 0. The molecule has 4 heterocycles. The second-order valence-corrected chi connectivity index (χ2v) is 6.29. The minimum absolute atomic E-state index is 0.0143. The van der Waals surface area contributed by atoms with Gasteiger partial charge in [-0.15, -0.1) is 0 Å². The lowest BCUT2D eigenvalue weighted by Gasteiger charge is -2.46. The molecular formula is C22H19N3O4. The van der Waals surface area contributed by atoms with Gasteiger partial charge in [-0.2, -0.15) is 0 Å². The van der Waals surface area contributed by atoms with Crippen LogP contribution in [0.1, 0.15) is 44.8 Å². The van der Waals surface area contributed by atoms with Gasteiger partial charge in [-0.1, -0.05) is 24.2 Å². The molecule has 3 aliphatic rings. The van der Waals surface area contributed by atoms with Crippen molar-refractivity contribution in [2.24, 2.45) is 0 Å². The molecule has 1 saturated heterocycles. The molecule has 3 aliphatic heterocycles. The van der Waals surface area contributed by atoms with E-state index in [0.717, 1.165) is 0 Å². The SMILES string of the molecule is [2H]c1c([2H])c([C@]2([2H])c3[nH]c4c([2H])c([2H])c([2H])c([2H])c4c3C[C@]3([2H])C(=O)N(C([2H])([2H])[2H])C([2H])([2H])C(=O)N23)c([2H])c2c1OC([2H])([2H])O2. The van der Waals surface area contributed by atoms with Crippen molar-refractivity contribution in [3.8, 4) is 11.5 Å². The highest BCUT2D eigenvalue weighted by molar-refractivity contribution is 5.97. The molecule has 2 atom stereocenters. The number of amides is 2. The smallest absolute Gasteiger partial charge is 0.245 e. The van der Waals surface area contributed by atoms with Crippen molar-refractivity contribution in [2.75, 3.05) is 20.2 Å². The number of aromatic amines is 1. The fourth-order valence-corrected chi connectivity index (χ4v) is 3.53. The topological polar surface area (TPSA) is 74.9 Å². The van der Waals surface area contributed by atoms with Crippen LogP contribution in [0.2, 0.25) is 0 Å². The van der Waals surface area contributed by atoms with Crippen molar-refractivity contribution in [3.63, 3.8) is 0 Å². The summed E-state index contributed by atoms with van der Waals surface area (Å²) in [6, 6.07) is -12.5. The second kappa shape index (κ2) is 5.76. The fourth-order valence-electron chi connectivity index (χ4n) is 3.53. The lowest BCUT2D eigenvalue weighted by molar-refractivity contribution is -0.157. The van der Waals surface area contributed by atoms with Crippen molar-refractivity contribution in [2.45, 2.75) is 18.5 Å². The lowest BCUT2D eigenvalue weighted by atomic mass is 9.86. The van der Waals surface area contributed by atoms with Crippen LogP contribution >= 0.6 is 0 Å². The molecule has 2 amide bonds. The van der Waals surface area contributed by atoms with Gasteiger partial charge in [0.05, 0.1) is 27.6 Å². The molecule has 1 aromatic heterocycles. The summed E-state index contributed by atoms with van der Waals surface area (Å²) in [4.78, 5) is 30.1. The van der Waals surface area contributed by atoms with Gasteiger partial charge in [0, 0.05) is 34.1 Å². The molecule has 0 aliphatic carbocycles. The quantitative estimate of drug-likeness (QED) is 0.674. The van der Waals surface area contributed by atoms with Gasteiger partial charge in [-0.3, -0.25) is 9.59 Å². The Hall–Kier alpha value is -3.48. The number of piperazine rings is 1. The van der Waals surface area contributed by atoms with E-state index < -0.39 is 120 Å². The largest absolute Gasteiger partial charge is 0.454 e. The average Bonchev–Trinajstić information content (AvgIpc) is 3.45. The molecule has 1 N–H and O–H groups in total. The van der Waals surface area contributed by atoms with Crippen LogP contribution < -0.4 is 9.47 Å². The van der Waals surface area contributed by atoms with Crippen molar-refractivity contribution >= 4 is 22.7 Å². The molecule has 146 valence electrons. The van der Waals surface area contributed by atoms with Crippen molar-refractivity contribution < 1.29 is 41.0 Å². The molecule has 29 heavy (non-hydrogen) atoms. The van der Waals surface area contributed by atoms with Crippen LogP contribution in [0.3, 0.4) is 0 Å². The van der Waals surface area contributed by atoms with Crippen LogP contribution in [-0.2, 0) is 16.0 Å². The van der Waals surface area contributed by atoms with E-state index in [9.17, 15) is 12.3 Å². The van der Waals surface area contributed by atoms with E-state index in [1.54, 1.807) is 0 Å². The molecular weight excluding hydrogens is 370 g/mol. The Morgan fingerprint density at radius 3 is 3.00 bits per heavy atom. The van der Waals surface area contributed by atoms with Gasteiger partial charge in [-0.25, -0.2) is 0 Å². The highest BCUT2D eigenvalue weighted by Crippen LogP contribution is 2.44. The molecule has 7 nitrogen and oxygen atoms in total. The number of nitrogens with zero attached hydrogens (tertiary/aromatic N) is 2. The predicted octanol–water partition coefficient (Wildman–Crippen LogP) is 2.21. The van der Waals surface area contributed by atoms with E-state index >= 15 is 0 Å². The summed E-state index contributed by atoms with van der Waals surface area (Å²) in [5.41, 5.74) is -2.41. The lowest BCUT2D eigenvalue weighted by Crippen LogP contribution is -2.62. The van der Waals surface area contributed by atoms with E-state index in [1.807, 2.05) is 0 Å². The maximum absolute atomic E-state index is 14.0. The Labute approximate surface area is 189 Å². The highest BCUT2D eigenvalue weighted by Gasteiger charge is 2.47. The molecule has 7 heteroatoms. The zero-order valence-corrected chi connectivity index (χ0v) is 14.2. The predicted molar refractivity (Wildman–Crippen MR) is 105 cm³/mol. The summed E-state index contributed by atoms with van der Waals surface area (Å²) in [6.07, 6.45) is -1.03. The first kappa shape index (κ1) is 7.09. The van der Waals surface area contributed by atoms with E-state index in [4.69, 9.17) is 28.7 Å². The van der Waals surface area contributed by atoms with Gasteiger partial charge < -0.3 is 24.3 Å². The fraction of sp³-hybridized carbons (Fsp3) is 0.273. The number of likely N-dealkylation sites (N-methyl/N-ethyl adjacent to an activating group) is 1. The first-order valence-electron chi connectivity index (χ1n) is 16.3. The molecule has 1 fully saturated rings. The summed E-state index contributed by atoms with van der Waals surface area (Å²) in [7, 11) is 0. The molecule has 3 aromatic rings. The molecule has 0 radical (unpaired) electrons. The minimum Gasteiger partial charge on any atom is -0.454 e. The zero-order chi connectivity index (χ0) is 33.7. The molecule has 0 spiro atoms. The Morgan fingerprint density at radius 2 is 2.10 bits per heavy atom. The van der Waals surface area contributed by atoms with E-state index in [-0.39, 0.29) is 21.4 Å². The van der Waals surface area contributed by atoms with Crippen molar-refractivity contribution in [3.05, 3.63) is 59.1 Å². The van der Waals surface area contributed by atoms with Gasteiger partial charge in [-0.05, 0) is 29.3 Å². The number of aromatic nitrogens is 1. The van der Waals surface area contributed by atoms with E-state index in [2.05, 4.69) is 4.98 Å². The number of H-pyrrole nitrogens is 1. The Morgan fingerprint density at radius 1 is 1.24 bits per heavy atom. The number of para-hydroxylation sites is 1. The number of ether oxygens (including phenoxy) is 2. The summed E-state index contributed by atoms with van der Waals surface area (Å²) in [5.74, 6) is -5.32. The maximum atomic E-state index is 14.0. The van der Waals surface area contributed by atoms with Gasteiger partial charge in [0.25, 0.3) is 0 Å². The number of rotatable bonds is 1. The maximum Gasteiger partial charge on any atom is 0.245 e. The number of carbonyl (C=O) groups is 2. The average molecular weight is 406 g/mol. The van der Waals surface area contributed by atoms with Crippen LogP contribution in [0.4, 0.5) is 0 Å². The number of carbonyl (C=O) groups excluding carboxylic acids is 2. The number of nitrogens with one attached hydrogen (secondary N) is 1. The number of fused-ring (bicyclic) bond motifs is 5. The Balaban J connectivity index is 1.81. The van der Waals surface area contributed by atoms with Crippen molar-refractivity contribution in [1.29, 1.82) is 0 Å². The first-order valence-corrected chi connectivity index (χ1v) is 8.27. The highest BCUT2D eigenvalue weighted by atomic mass is 16.7. The Bertz CT molecular complexity index is 1910. The third-order valence-electron chi connectivity index (χ3n) is 4.75. The van der Waals surface area contributed by atoms with E-state index in [1.165, 1.54) is 0 Å². The van der Waals surface area contributed by atoms with Crippen LogP contribution in [0.15, 0.2) is 42.3 Å². The molecule has 0 saturated carbocycles. The van der Waals surface area contributed by atoms with Gasteiger partial charge in [0.1, 0.15) is 8.76 Å². The third-order valence-corrected chi connectivity index (χ3v) is 4.75.